The van der Waals surface area contributed by atoms with Crippen LogP contribution in [0.1, 0.15) is 66.2 Å². The molecule has 6 atom stereocenters. The molecule has 1 unspecified atom stereocenters. The van der Waals surface area contributed by atoms with Gasteiger partial charge in [0.15, 0.2) is 24.3 Å². The lowest BCUT2D eigenvalue weighted by atomic mass is 9.79. The van der Waals surface area contributed by atoms with Crippen LogP contribution in [0.3, 0.4) is 0 Å². The summed E-state index contributed by atoms with van der Waals surface area (Å²) < 4.78 is 59.2. The van der Waals surface area contributed by atoms with E-state index in [4.69, 9.17) is 23.7 Å². The van der Waals surface area contributed by atoms with Crippen LogP contribution in [0.5, 0.6) is 0 Å². The van der Waals surface area contributed by atoms with E-state index >= 15 is 0 Å². The van der Waals surface area contributed by atoms with Gasteiger partial charge in [0.1, 0.15) is 11.7 Å². The molecule has 9 nitrogen and oxygen atoms in total. The van der Waals surface area contributed by atoms with Crippen molar-refractivity contribution in [3.8, 4) is 0 Å². The molecule has 0 aromatic rings. The summed E-state index contributed by atoms with van der Waals surface area (Å²) in [5.41, 5.74) is -0.622. The third-order valence-corrected chi connectivity index (χ3v) is 6.76. The predicted octanol–water partition coefficient (Wildman–Crippen LogP) is 2.63. The second-order valence-corrected chi connectivity index (χ2v) is 10.0. The highest BCUT2D eigenvalue weighted by atomic mass is 19.3. The zero-order valence-electron chi connectivity index (χ0n) is 19.1. The first-order chi connectivity index (χ1) is 15.3. The van der Waals surface area contributed by atoms with E-state index in [1.54, 1.807) is 6.92 Å². The van der Waals surface area contributed by atoms with E-state index in [0.717, 1.165) is 25.7 Å². The standard InChI is InChI=1S/C22H30F2O9/c1-20(2,11-8-6-5-7-9-11)31-12(25)10-21(3)32-16-14-13(29-18(16)33-21)15(17(26)28-14)30-19(27)22(4,23)24/h11,13-16,18H,5-10H2,1-4H3/t13-,14-,15-,16+,18+,21?/m0/s1. The number of halogens is 2. The van der Waals surface area contributed by atoms with Gasteiger partial charge in [0.05, 0.1) is 6.42 Å². The normalized spacial score (nSPS) is 36.8. The van der Waals surface area contributed by atoms with E-state index in [1.165, 1.54) is 6.42 Å². The molecule has 0 radical (unpaired) electrons. The van der Waals surface area contributed by atoms with Gasteiger partial charge in [0.25, 0.3) is 0 Å². The van der Waals surface area contributed by atoms with Gasteiger partial charge in [-0.3, -0.25) is 4.79 Å². The highest BCUT2D eigenvalue weighted by molar-refractivity contribution is 5.84. The molecule has 0 aromatic heterocycles. The van der Waals surface area contributed by atoms with Gasteiger partial charge in [-0.05, 0) is 39.5 Å². The van der Waals surface area contributed by atoms with Crippen LogP contribution in [-0.2, 0) is 42.8 Å². The average Bonchev–Trinajstić information content (AvgIpc) is 3.29. The van der Waals surface area contributed by atoms with E-state index in [-0.39, 0.29) is 12.3 Å². The van der Waals surface area contributed by atoms with Crippen LogP contribution in [0.15, 0.2) is 0 Å². The van der Waals surface area contributed by atoms with Crippen molar-refractivity contribution in [2.75, 3.05) is 0 Å². The molecule has 3 aliphatic heterocycles. The molecule has 1 aliphatic carbocycles. The molecular formula is C22H30F2O9. The number of alkyl halides is 2. The monoisotopic (exact) mass is 476 g/mol. The fourth-order valence-corrected chi connectivity index (χ4v) is 5.03. The molecule has 0 N–H and O–H groups in total. The Morgan fingerprint density at radius 3 is 2.36 bits per heavy atom. The van der Waals surface area contributed by atoms with Gasteiger partial charge in [0.2, 0.25) is 6.10 Å². The maximum Gasteiger partial charge on any atom is 0.377 e. The lowest BCUT2D eigenvalue weighted by Crippen LogP contribution is -2.42. The molecule has 33 heavy (non-hydrogen) atoms. The van der Waals surface area contributed by atoms with Crippen LogP contribution in [0.2, 0.25) is 0 Å². The first-order valence-electron chi connectivity index (χ1n) is 11.3. The number of fused-ring (bicyclic) bond motifs is 3. The summed E-state index contributed by atoms with van der Waals surface area (Å²) >= 11 is 0. The second-order valence-electron chi connectivity index (χ2n) is 10.0. The molecule has 0 amide bonds. The molecule has 3 saturated heterocycles. The molecular weight excluding hydrogens is 446 g/mol. The zero-order chi connectivity index (χ0) is 24.2. The maximum absolute atomic E-state index is 13.2. The minimum atomic E-state index is -3.77. The molecule has 1 saturated carbocycles. The van der Waals surface area contributed by atoms with Crippen LogP contribution in [0.25, 0.3) is 0 Å². The van der Waals surface area contributed by atoms with Crippen LogP contribution >= 0.6 is 0 Å². The van der Waals surface area contributed by atoms with Crippen molar-refractivity contribution in [2.45, 2.75) is 114 Å². The van der Waals surface area contributed by atoms with Gasteiger partial charge < -0.3 is 28.4 Å². The van der Waals surface area contributed by atoms with Gasteiger partial charge in [-0.1, -0.05) is 19.3 Å². The van der Waals surface area contributed by atoms with E-state index in [1.807, 2.05) is 13.8 Å². The topological polar surface area (TPSA) is 107 Å². The van der Waals surface area contributed by atoms with Gasteiger partial charge in [-0.25, -0.2) is 9.59 Å². The smallest absolute Gasteiger partial charge is 0.377 e. The summed E-state index contributed by atoms with van der Waals surface area (Å²) in [5, 5.41) is 0. The number of rotatable bonds is 6. The molecule has 3 heterocycles. The lowest BCUT2D eigenvalue weighted by Gasteiger charge is -2.37. The van der Waals surface area contributed by atoms with Crippen molar-refractivity contribution in [1.82, 2.24) is 0 Å². The molecule has 11 heteroatoms. The third-order valence-electron chi connectivity index (χ3n) is 6.76. The summed E-state index contributed by atoms with van der Waals surface area (Å²) in [5.74, 6) is -8.25. The summed E-state index contributed by atoms with van der Waals surface area (Å²) in [7, 11) is 0. The Labute approximate surface area is 190 Å². The number of hydrogen-bond acceptors (Lipinski definition) is 9. The Hall–Kier alpha value is -1.85. The first kappa shape index (κ1) is 24.3. The molecule has 0 spiro atoms. The highest BCUT2D eigenvalue weighted by Gasteiger charge is 2.65. The summed E-state index contributed by atoms with van der Waals surface area (Å²) in [4.78, 5) is 36.3. The van der Waals surface area contributed by atoms with Crippen molar-refractivity contribution in [2.24, 2.45) is 5.92 Å². The van der Waals surface area contributed by atoms with Crippen molar-refractivity contribution in [3.05, 3.63) is 0 Å². The highest BCUT2D eigenvalue weighted by Crippen LogP contribution is 2.45. The minimum Gasteiger partial charge on any atom is -0.459 e. The summed E-state index contributed by atoms with van der Waals surface area (Å²) in [6.45, 7) is 5.72. The first-order valence-corrected chi connectivity index (χ1v) is 11.3. The number of carbonyl (C=O) groups excluding carboxylic acids is 3. The average molecular weight is 476 g/mol. The van der Waals surface area contributed by atoms with Crippen molar-refractivity contribution < 1.29 is 51.6 Å². The van der Waals surface area contributed by atoms with Crippen molar-refractivity contribution in [1.29, 1.82) is 0 Å². The van der Waals surface area contributed by atoms with E-state index in [2.05, 4.69) is 4.74 Å². The predicted molar refractivity (Wildman–Crippen MR) is 105 cm³/mol. The molecule has 0 aromatic carbocycles. The fraction of sp³-hybridized carbons (Fsp3) is 0.864. The molecule has 4 aliphatic rings. The van der Waals surface area contributed by atoms with Crippen LogP contribution in [-0.4, -0.2) is 65.9 Å². The fourth-order valence-electron chi connectivity index (χ4n) is 5.03. The largest absolute Gasteiger partial charge is 0.459 e. The lowest BCUT2D eigenvalue weighted by molar-refractivity contribution is -0.234. The van der Waals surface area contributed by atoms with Gasteiger partial charge in [-0.15, -0.1) is 0 Å². The van der Waals surface area contributed by atoms with Gasteiger partial charge in [-0.2, -0.15) is 8.78 Å². The quantitative estimate of drug-likeness (QED) is 0.422. The number of ether oxygens (including phenoxy) is 6. The SMILES string of the molecule is CC1(CC(=O)OC(C)(C)C2CCCCC2)O[C@H]2O[C@H]3[C@H](OC(=O)[C@H]3OC(=O)C(C)(F)F)[C@H]2O1. The van der Waals surface area contributed by atoms with Crippen molar-refractivity contribution in [3.63, 3.8) is 0 Å². The van der Waals surface area contributed by atoms with Crippen LogP contribution < -0.4 is 0 Å². The Balaban J connectivity index is 1.35. The summed E-state index contributed by atoms with van der Waals surface area (Å²) in [6.07, 6.45) is -0.550. The third kappa shape index (κ3) is 4.85. The minimum absolute atomic E-state index is 0.217. The van der Waals surface area contributed by atoms with Crippen LogP contribution in [0.4, 0.5) is 8.78 Å². The molecule has 0 bridgehead atoms. The summed E-state index contributed by atoms with van der Waals surface area (Å²) in [6, 6.07) is 0. The second kappa shape index (κ2) is 8.42. The number of esters is 3. The number of hydrogen-bond donors (Lipinski definition) is 0. The van der Waals surface area contributed by atoms with E-state index < -0.39 is 65.9 Å². The zero-order valence-corrected chi connectivity index (χ0v) is 19.1. The molecule has 4 fully saturated rings. The van der Waals surface area contributed by atoms with Crippen LogP contribution in [0, 0.1) is 5.92 Å². The van der Waals surface area contributed by atoms with E-state index in [9.17, 15) is 23.2 Å². The Bertz CT molecular complexity index is 804. The Morgan fingerprint density at radius 2 is 1.73 bits per heavy atom. The Kier molecular flexibility index (Phi) is 6.20. The Morgan fingerprint density at radius 1 is 1.06 bits per heavy atom. The van der Waals surface area contributed by atoms with E-state index in [0.29, 0.717) is 6.92 Å². The maximum atomic E-state index is 13.2. The molecule has 186 valence electrons. The van der Waals surface area contributed by atoms with Gasteiger partial charge >= 0.3 is 23.8 Å². The van der Waals surface area contributed by atoms with Crippen molar-refractivity contribution >= 4 is 17.9 Å². The van der Waals surface area contributed by atoms with Gasteiger partial charge in [0, 0.05) is 6.92 Å². The number of carbonyl (C=O) groups is 3. The molecule has 4 rings (SSSR count).